The highest BCUT2D eigenvalue weighted by molar-refractivity contribution is 6.31. The third kappa shape index (κ3) is 4.19. The van der Waals surface area contributed by atoms with Gasteiger partial charge in [0, 0.05) is 18.2 Å². The number of fused-ring (bicyclic) bond motifs is 1. The van der Waals surface area contributed by atoms with Crippen molar-refractivity contribution in [3.8, 4) is 5.69 Å². The fraction of sp³-hybridized carbons (Fsp3) is 0.227. The lowest BCUT2D eigenvalue weighted by Gasteiger charge is -2.10. The number of rotatable bonds is 6. The van der Waals surface area contributed by atoms with Gasteiger partial charge in [-0.3, -0.25) is 14.3 Å². The van der Waals surface area contributed by atoms with Crippen LogP contribution in [-0.4, -0.2) is 35.4 Å². The molecule has 0 fully saturated rings. The Labute approximate surface area is 188 Å². The summed E-state index contributed by atoms with van der Waals surface area (Å²) in [6, 6.07) is 7.14. The maximum absolute atomic E-state index is 12.7. The van der Waals surface area contributed by atoms with E-state index in [1.54, 1.807) is 29.0 Å². The summed E-state index contributed by atoms with van der Waals surface area (Å²) in [5.41, 5.74) is 2.67. The first kappa shape index (κ1) is 21.5. The molecule has 0 aliphatic carbocycles. The molecule has 10 heteroatoms. The number of carbonyl (C=O) groups excluding carboxylic acids is 1. The fourth-order valence-electron chi connectivity index (χ4n) is 3.35. The largest absolute Gasteiger partial charge is 0.321 e. The first-order chi connectivity index (χ1) is 15.3. The van der Waals surface area contributed by atoms with Gasteiger partial charge in [-0.15, -0.1) is 0 Å². The molecule has 0 spiro atoms. The van der Waals surface area contributed by atoms with Crippen LogP contribution in [0.3, 0.4) is 0 Å². The maximum Gasteiger partial charge on any atom is 0.261 e. The van der Waals surface area contributed by atoms with Gasteiger partial charge in [0.1, 0.15) is 10.5 Å². The van der Waals surface area contributed by atoms with Crippen molar-refractivity contribution >= 4 is 40.3 Å². The standard InChI is InChI=1S/C22H22ClN7O2/c1-13(2)11-29-20(23)15(14(3)28-29)8-9-19(31)27-17-6-4-5-7-18(17)30-21-16(10-26-30)22(32)25-12-24-21/h4-10,12-13H,11H2,1-3H3,(H,27,31)(H,24,25,32)/b9-8+. The molecule has 0 aliphatic heterocycles. The number of anilines is 1. The number of aryl methyl sites for hydroxylation is 1. The summed E-state index contributed by atoms with van der Waals surface area (Å²) in [6.45, 7) is 6.72. The van der Waals surface area contributed by atoms with E-state index in [2.05, 4.69) is 39.3 Å². The van der Waals surface area contributed by atoms with E-state index in [9.17, 15) is 9.59 Å². The Morgan fingerprint density at radius 2 is 2.09 bits per heavy atom. The summed E-state index contributed by atoms with van der Waals surface area (Å²) in [5.74, 6) is 0.0543. The van der Waals surface area contributed by atoms with E-state index < -0.39 is 0 Å². The quantitative estimate of drug-likeness (QED) is 0.435. The molecule has 164 valence electrons. The third-order valence-electron chi connectivity index (χ3n) is 4.81. The molecule has 0 atom stereocenters. The average Bonchev–Trinajstić information content (AvgIpc) is 3.29. The fourth-order valence-corrected chi connectivity index (χ4v) is 3.66. The lowest BCUT2D eigenvalue weighted by molar-refractivity contribution is -0.111. The summed E-state index contributed by atoms with van der Waals surface area (Å²) in [6.07, 6.45) is 5.83. The average molecular weight is 452 g/mol. The number of amides is 1. The number of para-hydroxylation sites is 2. The first-order valence-electron chi connectivity index (χ1n) is 10.1. The molecule has 3 heterocycles. The summed E-state index contributed by atoms with van der Waals surface area (Å²) in [5, 5.41) is 12.4. The van der Waals surface area contributed by atoms with Gasteiger partial charge in [-0.05, 0) is 31.1 Å². The van der Waals surface area contributed by atoms with Crippen molar-refractivity contribution in [2.24, 2.45) is 5.92 Å². The Bertz CT molecular complexity index is 1380. The van der Waals surface area contributed by atoms with Gasteiger partial charge in [0.25, 0.3) is 5.56 Å². The highest BCUT2D eigenvalue weighted by atomic mass is 35.5. The molecule has 32 heavy (non-hydrogen) atoms. The van der Waals surface area contributed by atoms with Gasteiger partial charge in [0.05, 0.1) is 29.6 Å². The van der Waals surface area contributed by atoms with Crippen LogP contribution in [0.25, 0.3) is 22.8 Å². The van der Waals surface area contributed by atoms with E-state index in [-0.39, 0.29) is 11.5 Å². The van der Waals surface area contributed by atoms with Gasteiger partial charge in [0.2, 0.25) is 5.91 Å². The monoisotopic (exact) mass is 451 g/mol. The highest BCUT2D eigenvalue weighted by Gasteiger charge is 2.14. The number of hydrogen-bond acceptors (Lipinski definition) is 5. The molecular weight excluding hydrogens is 430 g/mol. The van der Waals surface area contributed by atoms with Crippen molar-refractivity contribution in [1.82, 2.24) is 29.5 Å². The summed E-state index contributed by atoms with van der Waals surface area (Å²) >= 11 is 6.45. The van der Waals surface area contributed by atoms with Crippen LogP contribution in [0.5, 0.6) is 0 Å². The van der Waals surface area contributed by atoms with E-state index in [0.29, 0.717) is 45.6 Å². The highest BCUT2D eigenvalue weighted by Crippen LogP contribution is 2.24. The van der Waals surface area contributed by atoms with Gasteiger partial charge in [-0.2, -0.15) is 10.2 Å². The van der Waals surface area contributed by atoms with Gasteiger partial charge < -0.3 is 10.3 Å². The molecule has 0 radical (unpaired) electrons. The minimum atomic E-state index is -0.341. The number of H-pyrrole nitrogens is 1. The normalized spacial score (nSPS) is 11.7. The second kappa shape index (κ2) is 8.80. The van der Waals surface area contributed by atoms with Gasteiger partial charge in [0.15, 0.2) is 5.65 Å². The molecule has 1 amide bonds. The Kier molecular flexibility index (Phi) is 5.91. The Morgan fingerprint density at radius 3 is 2.88 bits per heavy atom. The van der Waals surface area contributed by atoms with E-state index in [4.69, 9.17) is 11.6 Å². The summed E-state index contributed by atoms with van der Waals surface area (Å²) in [7, 11) is 0. The van der Waals surface area contributed by atoms with Crippen LogP contribution in [0.2, 0.25) is 5.15 Å². The molecule has 0 aliphatic rings. The van der Waals surface area contributed by atoms with Crippen molar-refractivity contribution in [3.63, 3.8) is 0 Å². The number of halogens is 1. The van der Waals surface area contributed by atoms with E-state index in [1.807, 2.05) is 13.0 Å². The molecule has 3 aromatic heterocycles. The van der Waals surface area contributed by atoms with Crippen molar-refractivity contribution in [2.45, 2.75) is 27.3 Å². The van der Waals surface area contributed by atoms with Crippen LogP contribution >= 0.6 is 11.6 Å². The molecular formula is C22H22ClN7O2. The number of carbonyl (C=O) groups is 1. The smallest absolute Gasteiger partial charge is 0.261 e. The molecule has 4 rings (SSSR count). The zero-order valence-corrected chi connectivity index (χ0v) is 18.6. The predicted molar refractivity (Wildman–Crippen MR) is 124 cm³/mol. The van der Waals surface area contributed by atoms with Crippen molar-refractivity contribution in [1.29, 1.82) is 0 Å². The topological polar surface area (TPSA) is 110 Å². The van der Waals surface area contributed by atoms with Crippen LogP contribution in [0.15, 0.2) is 47.7 Å². The minimum Gasteiger partial charge on any atom is -0.321 e. The lowest BCUT2D eigenvalue weighted by atomic mass is 10.2. The van der Waals surface area contributed by atoms with Crippen LogP contribution in [0.1, 0.15) is 25.1 Å². The van der Waals surface area contributed by atoms with Crippen molar-refractivity contribution in [3.05, 3.63) is 69.6 Å². The molecule has 0 saturated heterocycles. The van der Waals surface area contributed by atoms with Crippen LogP contribution in [0.4, 0.5) is 5.69 Å². The third-order valence-corrected chi connectivity index (χ3v) is 5.21. The van der Waals surface area contributed by atoms with Crippen LogP contribution in [0, 0.1) is 12.8 Å². The number of hydrogen-bond donors (Lipinski definition) is 2. The molecule has 0 bridgehead atoms. The molecule has 0 unspecified atom stereocenters. The zero-order chi connectivity index (χ0) is 22.8. The number of nitrogens with zero attached hydrogens (tertiary/aromatic N) is 5. The lowest BCUT2D eigenvalue weighted by Crippen LogP contribution is -2.12. The van der Waals surface area contributed by atoms with E-state index in [1.165, 1.54) is 23.3 Å². The summed E-state index contributed by atoms with van der Waals surface area (Å²) in [4.78, 5) is 31.4. The Morgan fingerprint density at radius 1 is 1.31 bits per heavy atom. The van der Waals surface area contributed by atoms with Gasteiger partial charge in [-0.25, -0.2) is 9.67 Å². The van der Waals surface area contributed by atoms with Crippen molar-refractivity contribution < 1.29 is 4.79 Å². The zero-order valence-electron chi connectivity index (χ0n) is 17.8. The number of benzene rings is 1. The van der Waals surface area contributed by atoms with E-state index >= 15 is 0 Å². The molecule has 0 saturated carbocycles. The predicted octanol–water partition coefficient (Wildman–Crippen LogP) is 3.58. The van der Waals surface area contributed by atoms with Gasteiger partial charge in [-0.1, -0.05) is 37.6 Å². The second-order valence-electron chi connectivity index (χ2n) is 7.73. The van der Waals surface area contributed by atoms with Crippen LogP contribution in [-0.2, 0) is 11.3 Å². The minimum absolute atomic E-state index is 0.282. The van der Waals surface area contributed by atoms with Gasteiger partial charge >= 0.3 is 0 Å². The summed E-state index contributed by atoms with van der Waals surface area (Å²) < 4.78 is 3.26. The molecule has 4 aromatic rings. The Balaban J connectivity index is 1.60. The maximum atomic E-state index is 12.7. The number of nitrogens with one attached hydrogen (secondary N) is 2. The van der Waals surface area contributed by atoms with Crippen LogP contribution < -0.4 is 10.9 Å². The number of aromatic nitrogens is 6. The Hall–Kier alpha value is -3.72. The molecule has 2 N–H and O–H groups in total. The second-order valence-corrected chi connectivity index (χ2v) is 8.09. The number of aromatic amines is 1. The SMILES string of the molecule is Cc1nn(CC(C)C)c(Cl)c1/C=C/C(=O)Nc1ccccc1-n1ncc2c(=O)[nH]cnc21. The van der Waals surface area contributed by atoms with Crippen molar-refractivity contribution in [2.75, 3.05) is 5.32 Å². The molecule has 1 aromatic carbocycles. The molecule has 9 nitrogen and oxygen atoms in total. The first-order valence-corrected chi connectivity index (χ1v) is 10.5. The van der Waals surface area contributed by atoms with E-state index in [0.717, 1.165) is 5.69 Å².